The van der Waals surface area contributed by atoms with Crippen LogP contribution < -0.4 is 9.47 Å². The lowest BCUT2D eigenvalue weighted by atomic mass is 9.96. The van der Waals surface area contributed by atoms with Crippen LogP contribution in [0.15, 0.2) is 77.3 Å². The van der Waals surface area contributed by atoms with Crippen LogP contribution in [0.5, 0.6) is 11.5 Å². The third-order valence-corrected chi connectivity index (χ3v) is 6.39. The topological polar surface area (TPSA) is 42.0 Å². The number of carbonyl (C=O) groups is 1. The maximum atomic E-state index is 13.2. The molecule has 0 aromatic heterocycles. The molecule has 6 heteroatoms. The highest BCUT2D eigenvalue weighted by Gasteiger charge is 2.29. The molecule has 3 aromatic rings. The van der Waals surface area contributed by atoms with E-state index < -0.39 is 0 Å². The van der Waals surface area contributed by atoms with Gasteiger partial charge >= 0.3 is 0 Å². The van der Waals surface area contributed by atoms with Crippen LogP contribution in [0, 0.1) is 0 Å². The number of ether oxygens (including phenoxy) is 2. The Morgan fingerprint density at radius 2 is 1.38 bits per heavy atom. The van der Waals surface area contributed by atoms with Gasteiger partial charge in [0.15, 0.2) is 0 Å². The van der Waals surface area contributed by atoms with Crippen molar-refractivity contribution in [2.45, 2.75) is 6.04 Å². The smallest absolute Gasteiger partial charge is 0.254 e. The van der Waals surface area contributed by atoms with Gasteiger partial charge in [-0.15, -0.1) is 0 Å². The van der Waals surface area contributed by atoms with Crippen molar-refractivity contribution in [2.24, 2.45) is 0 Å². The number of piperazine rings is 1. The Balaban J connectivity index is 1.52. The van der Waals surface area contributed by atoms with Gasteiger partial charge in [-0.25, -0.2) is 0 Å². The van der Waals surface area contributed by atoms with Gasteiger partial charge in [-0.3, -0.25) is 9.69 Å². The van der Waals surface area contributed by atoms with Gasteiger partial charge in [-0.1, -0.05) is 58.4 Å². The minimum absolute atomic E-state index is 0.00162. The number of nitrogens with zero attached hydrogens (tertiary/aromatic N) is 2. The lowest BCUT2D eigenvalue weighted by molar-refractivity contribution is 0.0596. The molecule has 166 valence electrons. The monoisotopic (exact) mass is 494 g/mol. The van der Waals surface area contributed by atoms with E-state index in [1.165, 1.54) is 11.1 Å². The van der Waals surface area contributed by atoms with Gasteiger partial charge in [-0.2, -0.15) is 0 Å². The summed E-state index contributed by atoms with van der Waals surface area (Å²) in [5, 5.41) is 0. The average Bonchev–Trinajstić information content (AvgIpc) is 2.85. The molecule has 4 rings (SSSR count). The molecule has 3 aromatic carbocycles. The van der Waals surface area contributed by atoms with Gasteiger partial charge < -0.3 is 14.4 Å². The average molecular weight is 495 g/mol. The van der Waals surface area contributed by atoms with Crippen LogP contribution in [0.2, 0.25) is 0 Å². The predicted octanol–water partition coefficient (Wildman–Crippen LogP) is 5.01. The summed E-state index contributed by atoms with van der Waals surface area (Å²) in [7, 11) is 3.18. The van der Waals surface area contributed by atoms with Crippen LogP contribution in [0.1, 0.15) is 27.5 Å². The fourth-order valence-electron chi connectivity index (χ4n) is 4.19. The molecule has 0 radical (unpaired) electrons. The zero-order chi connectivity index (χ0) is 22.5. The van der Waals surface area contributed by atoms with E-state index in [-0.39, 0.29) is 11.9 Å². The van der Waals surface area contributed by atoms with E-state index in [1.807, 2.05) is 11.0 Å². The van der Waals surface area contributed by atoms with E-state index >= 15 is 0 Å². The Morgan fingerprint density at radius 3 is 1.94 bits per heavy atom. The Hall–Kier alpha value is -2.83. The zero-order valence-electron chi connectivity index (χ0n) is 18.3. The first-order valence-corrected chi connectivity index (χ1v) is 11.4. The molecule has 1 heterocycles. The van der Waals surface area contributed by atoms with E-state index in [0.717, 1.165) is 17.6 Å². The van der Waals surface area contributed by atoms with E-state index in [2.05, 4.69) is 69.4 Å². The summed E-state index contributed by atoms with van der Waals surface area (Å²) >= 11 is 3.54. The van der Waals surface area contributed by atoms with Crippen LogP contribution in [0.25, 0.3) is 0 Å². The van der Waals surface area contributed by atoms with Gasteiger partial charge in [0, 0.05) is 42.3 Å². The molecule has 5 nitrogen and oxygen atoms in total. The Bertz CT molecular complexity index is 1030. The van der Waals surface area contributed by atoms with Crippen molar-refractivity contribution in [3.05, 3.63) is 94.0 Å². The lowest BCUT2D eigenvalue weighted by Crippen LogP contribution is -2.49. The molecular formula is C26H27BrN2O3. The quantitative estimate of drug-likeness (QED) is 0.482. The normalized spacial score (nSPS) is 15.3. The number of carbonyl (C=O) groups excluding carboxylic acids is 1. The molecule has 0 N–H and O–H groups in total. The van der Waals surface area contributed by atoms with E-state index in [1.54, 1.807) is 32.4 Å². The number of rotatable bonds is 6. The number of amides is 1. The second kappa shape index (κ2) is 10.2. The number of hydrogen-bond acceptors (Lipinski definition) is 4. The van der Waals surface area contributed by atoms with Gasteiger partial charge in [0.2, 0.25) is 0 Å². The van der Waals surface area contributed by atoms with Crippen molar-refractivity contribution >= 4 is 21.8 Å². The lowest BCUT2D eigenvalue weighted by Gasteiger charge is -2.40. The summed E-state index contributed by atoms with van der Waals surface area (Å²) in [5.74, 6) is 1.23. The molecule has 1 fully saturated rings. The maximum Gasteiger partial charge on any atom is 0.254 e. The second-order valence-corrected chi connectivity index (χ2v) is 8.71. The van der Waals surface area contributed by atoms with Crippen LogP contribution in [-0.2, 0) is 0 Å². The minimum Gasteiger partial charge on any atom is -0.497 e. The van der Waals surface area contributed by atoms with E-state index in [0.29, 0.717) is 30.2 Å². The molecular weight excluding hydrogens is 468 g/mol. The Labute approximate surface area is 197 Å². The summed E-state index contributed by atoms with van der Waals surface area (Å²) in [6.45, 7) is 2.92. The standard InChI is InChI=1S/C26H27BrN2O3/c1-31-23-16-21(17-24(18-23)32-2)26(30)29-14-12-28(13-15-29)25(19-6-4-3-5-7-19)20-8-10-22(27)11-9-20/h3-11,16-18,25H,12-15H2,1-2H3. The first-order valence-electron chi connectivity index (χ1n) is 10.7. The molecule has 1 amide bonds. The largest absolute Gasteiger partial charge is 0.497 e. The van der Waals surface area contributed by atoms with Crippen molar-refractivity contribution in [2.75, 3.05) is 40.4 Å². The van der Waals surface area contributed by atoms with Crippen molar-refractivity contribution < 1.29 is 14.3 Å². The molecule has 32 heavy (non-hydrogen) atoms. The van der Waals surface area contributed by atoms with Crippen LogP contribution in [0.4, 0.5) is 0 Å². The highest BCUT2D eigenvalue weighted by Crippen LogP contribution is 2.31. The molecule has 1 atom stereocenters. The summed E-state index contributed by atoms with van der Waals surface area (Å²) in [6, 6.07) is 24.5. The molecule has 0 saturated carbocycles. The van der Waals surface area contributed by atoms with E-state index in [4.69, 9.17) is 9.47 Å². The fourth-order valence-corrected chi connectivity index (χ4v) is 4.46. The zero-order valence-corrected chi connectivity index (χ0v) is 19.9. The van der Waals surface area contributed by atoms with Gasteiger partial charge in [0.1, 0.15) is 11.5 Å². The summed E-state index contributed by atoms with van der Waals surface area (Å²) < 4.78 is 11.7. The first-order chi connectivity index (χ1) is 15.6. The van der Waals surface area contributed by atoms with Gasteiger partial charge in [0.05, 0.1) is 20.3 Å². The molecule has 0 bridgehead atoms. The van der Waals surface area contributed by atoms with Crippen LogP contribution >= 0.6 is 15.9 Å². The highest BCUT2D eigenvalue weighted by molar-refractivity contribution is 9.10. The van der Waals surface area contributed by atoms with Crippen LogP contribution in [0.3, 0.4) is 0 Å². The molecule has 0 spiro atoms. The van der Waals surface area contributed by atoms with Crippen molar-refractivity contribution in [1.82, 2.24) is 9.80 Å². The summed E-state index contributed by atoms with van der Waals surface area (Å²) in [4.78, 5) is 17.5. The summed E-state index contributed by atoms with van der Waals surface area (Å²) in [6.07, 6.45) is 0. The van der Waals surface area contributed by atoms with E-state index in [9.17, 15) is 4.79 Å². The first kappa shape index (κ1) is 22.4. The number of hydrogen-bond donors (Lipinski definition) is 0. The van der Waals surface area contributed by atoms with Crippen LogP contribution in [-0.4, -0.2) is 56.1 Å². The SMILES string of the molecule is COc1cc(OC)cc(C(=O)N2CCN(C(c3ccccc3)c3ccc(Br)cc3)CC2)c1. The number of halogens is 1. The second-order valence-electron chi connectivity index (χ2n) is 7.79. The number of benzene rings is 3. The molecule has 1 aliphatic heterocycles. The summed E-state index contributed by atoms with van der Waals surface area (Å²) in [5.41, 5.74) is 3.09. The molecule has 1 aliphatic rings. The predicted molar refractivity (Wildman–Crippen MR) is 129 cm³/mol. The molecule has 1 saturated heterocycles. The Morgan fingerprint density at radius 1 is 0.812 bits per heavy atom. The number of methoxy groups -OCH3 is 2. The van der Waals surface area contributed by atoms with Gasteiger partial charge in [-0.05, 0) is 35.4 Å². The highest BCUT2D eigenvalue weighted by atomic mass is 79.9. The molecule has 1 unspecified atom stereocenters. The third kappa shape index (κ3) is 4.97. The van der Waals surface area contributed by atoms with Crippen molar-refractivity contribution in [3.8, 4) is 11.5 Å². The van der Waals surface area contributed by atoms with Gasteiger partial charge in [0.25, 0.3) is 5.91 Å². The fraction of sp³-hybridized carbons (Fsp3) is 0.269. The third-order valence-electron chi connectivity index (χ3n) is 5.87. The minimum atomic E-state index is 0.00162. The molecule has 0 aliphatic carbocycles. The maximum absolute atomic E-state index is 13.2. The van der Waals surface area contributed by atoms with Crippen molar-refractivity contribution in [3.63, 3.8) is 0 Å². The Kier molecular flexibility index (Phi) is 7.12. The van der Waals surface area contributed by atoms with Crippen molar-refractivity contribution in [1.29, 1.82) is 0 Å².